The number of carboxylic acids is 1. The van der Waals surface area contributed by atoms with Gasteiger partial charge in [0.05, 0.1) is 13.0 Å². The standard InChI is InChI=1S/C24H29N3O3/c1-15(2)22(13-23(28)29)18(5)27(25)14-19-7-9-20(10-8-19)26-24(30)21-11-6-16(3)12-17(21)4/h6-12H,1,13-14,25H2,2-5H3,(H,26,30)(H,28,29)/b22-18-. The summed E-state index contributed by atoms with van der Waals surface area (Å²) in [6.45, 7) is 11.7. The van der Waals surface area contributed by atoms with E-state index < -0.39 is 5.97 Å². The third kappa shape index (κ3) is 6.06. The van der Waals surface area contributed by atoms with Gasteiger partial charge in [-0.05, 0) is 62.6 Å². The molecule has 158 valence electrons. The van der Waals surface area contributed by atoms with Crippen LogP contribution in [0.4, 0.5) is 5.69 Å². The summed E-state index contributed by atoms with van der Waals surface area (Å²) in [5.41, 5.74) is 6.26. The van der Waals surface area contributed by atoms with Crippen molar-refractivity contribution in [2.45, 2.75) is 40.7 Å². The molecule has 0 saturated carbocycles. The van der Waals surface area contributed by atoms with E-state index in [4.69, 9.17) is 10.9 Å². The summed E-state index contributed by atoms with van der Waals surface area (Å²) in [6.07, 6.45) is -0.127. The molecule has 0 spiro atoms. The van der Waals surface area contributed by atoms with E-state index in [0.717, 1.165) is 16.7 Å². The van der Waals surface area contributed by atoms with Gasteiger partial charge < -0.3 is 15.4 Å². The zero-order chi connectivity index (χ0) is 22.4. The average Bonchev–Trinajstić information content (AvgIpc) is 2.66. The predicted molar refractivity (Wildman–Crippen MR) is 120 cm³/mol. The van der Waals surface area contributed by atoms with E-state index in [1.807, 2.05) is 56.3 Å². The number of hydrazine groups is 1. The van der Waals surface area contributed by atoms with Crippen LogP contribution in [-0.2, 0) is 11.3 Å². The number of benzene rings is 2. The van der Waals surface area contributed by atoms with Crippen molar-refractivity contribution in [3.63, 3.8) is 0 Å². The molecule has 0 aliphatic carbocycles. The lowest BCUT2D eigenvalue weighted by atomic mass is 10.0. The number of nitrogens with two attached hydrogens (primary N) is 1. The monoisotopic (exact) mass is 407 g/mol. The van der Waals surface area contributed by atoms with Crippen LogP contribution in [0, 0.1) is 13.8 Å². The number of nitrogens with zero attached hydrogens (tertiary/aromatic N) is 1. The molecule has 6 nitrogen and oxygen atoms in total. The third-order valence-corrected chi connectivity index (χ3v) is 4.90. The average molecular weight is 408 g/mol. The van der Waals surface area contributed by atoms with Crippen molar-refractivity contribution >= 4 is 17.6 Å². The molecule has 4 N–H and O–H groups in total. The van der Waals surface area contributed by atoms with Gasteiger partial charge in [-0.2, -0.15) is 0 Å². The Morgan fingerprint density at radius 2 is 1.73 bits per heavy atom. The SMILES string of the molecule is C=C(C)/C(CC(=O)O)=C(/C)N(N)Cc1ccc(NC(=O)c2ccc(C)cc2C)cc1. The maximum absolute atomic E-state index is 12.5. The summed E-state index contributed by atoms with van der Waals surface area (Å²) >= 11 is 0. The fourth-order valence-corrected chi connectivity index (χ4v) is 3.19. The van der Waals surface area contributed by atoms with Crippen LogP contribution in [0.5, 0.6) is 0 Å². The van der Waals surface area contributed by atoms with Crippen LogP contribution in [0.2, 0.25) is 0 Å². The predicted octanol–water partition coefficient (Wildman–Crippen LogP) is 4.56. The van der Waals surface area contributed by atoms with Gasteiger partial charge in [-0.25, -0.2) is 5.84 Å². The number of nitrogens with one attached hydrogen (secondary N) is 1. The van der Waals surface area contributed by atoms with Gasteiger partial charge in [0.2, 0.25) is 0 Å². The highest BCUT2D eigenvalue weighted by atomic mass is 16.4. The van der Waals surface area contributed by atoms with E-state index >= 15 is 0 Å². The highest BCUT2D eigenvalue weighted by molar-refractivity contribution is 6.05. The minimum Gasteiger partial charge on any atom is -0.481 e. The van der Waals surface area contributed by atoms with Crippen molar-refractivity contribution in [2.24, 2.45) is 5.84 Å². The van der Waals surface area contributed by atoms with Crippen molar-refractivity contribution in [1.82, 2.24) is 5.01 Å². The number of amides is 1. The number of anilines is 1. The van der Waals surface area contributed by atoms with E-state index in [-0.39, 0.29) is 12.3 Å². The fourth-order valence-electron chi connectivity index (χ4n) is 3.19. The van der Waals surface area contributed by atoms with E-state index in [2.05, 4.69) is 11.9 Å². The molecule has 30 heavy (non-hydrogen) atoms. The second kappa shape index (κ2) is 9.89. The number of allylic oxidation sites excluding steroid dienone is 2. The molecule has 0 aliphatic heterocycles. The van der Waals surface area contributed by atoms with Gasteiger partial charge in [-0.15, -0.1) is 0 Å². The number of aryl methyl sites for hydroxylation is 2. The quantitative estimate of drug-likeness (QED) is 0.339. The molecule has 0 fully saturated rings. The fraction of sp³-hybridized carbons (Fsp3) is 0.250. The van der Waals surface area contributed by atoms with Crippen LogP contribution in [0.15, 0.2) is 65.9 Å². The summed E-state index contributed by atoms with van der Waals surface area (Å²) < 4.78 is 0. The zero-order valence-electron chi connectivity index (χ0n) is 18.0. The van der Waals surface area contributed by atoms with Gasteiger partial charge >= 0.3 is 5.97 Å². The summed E-state index contributed by atoms with van der Waals surface area (Å²) in [4.78, 5) is 23.6. The molecule has 0 unspecified atom stereocenters. The molecule has 0 aliphatic rings. The van der Waals surface area contributed by atoms with Crippen LogP contribution in [0.3, 0.4) is 0 Å². The van der Waals surface area contributed by atoms with Gasteiger partial charge in [-0.1, -0.05) is 42.0 Å². The minimum absolute atomic E-state index is 0.127. The number of carboxylic acid groups (broad SMARTS) is 1. The lowest BCUT2D eigenvalue weighted by Crippen LogP contribution is -2.30. The van der Waals surface area contributed by atoms with Crippen molar-refractivity contribution < 1.29 is 14.7 Å². The van der Waals surface area contributed by atoms with Gasteiger partial charge in [0.15, 0.2) is 0 Å². The van der Waals surface area contributed by atoms with Crippen molar-refractivity contribution in [2.75, 3.05) is 5.32 Å². The Balaban J connectivity index is 2.09. The molecular formula is C24H29N3O3. The van der Waals surface area contributed by atoms with E-state index in [1.54, 1.807) is 13.8 Å². The number of hydrogen-bond donors (Lipinski definition) is 3. The van der Waals surface area contributed by atoms with Crippen molar-refractivity contribution in [3.05, 3.63) is 88.1 Å². The lowest BCUT2D eigenvalue weighted by Gasteiger charge is -2.23. The number of carbonyl (C=O) groups excluding carboxylic acids is 1. The Bertz CT molecular complexity index is 991. The Morgan fingerprint density at radius 3 is 2.27 bits per heavy atom. The third-order valence-electron chi connectivity index (χ3n) is 4.90. The smallest absolute Gasteiger partial charge is 0.307 e. The highest BCUT2D eigenvalue weighted by Crippen LogP contribution is 2.21. The van der Waals surface area contributed by atoms with Gasteiger partial charge in [0.1, 0.15) is 0 Å². The maximum Gasteiger partial charge on any atom is 0.307 e. The van der Waals surface area contributed by atoms with E-state index in [0.29, 0.717) is 34.6 Å². The first-order valence-electron chi connectivity index (χ1n) is 9.65. The lowest BCUT2D eigenvalue weighted by molar-refractivity contribution is -0.136. The molecule has 2 rings (SSSR count). The summed E-state index contributed by atoms with van der Waals surface area (Å²) in [5.74, 6) is 5.08. The molecule has 0 bridgehead atoms. The maximum atomic E-state index is 12.5. The Kier molecular flexibility index (Phi) is 7.55. The zero-order valence-corrected chi connectivity index (χ0v) is 18.0. The number of carbonyl (C=O) groups is 2. The van der Waals surface area contributed by atoms with E-state index in [9.17, 15) is 9.59 Å². The molecule has 6 heteroatoms. The second-order valence-corrected chi connectivity index (χ2v) is 7.51. The molecule has 0 saturated heterocycles. The van der Waals surface area contributed by atoms with Crippen LogP contribution in [0.1, 0.15) is 47.3 Å². The van der Waals surface area contributed by atoms with Crippen LogP contribution >= 0.6 is 0 Å². The summed E-state index contributed by atoms with van der Waals surface area (Å²) in [6, 6.07) is 13.1. The summed E-state index contributed by atoms with van der Waals surface area (Å²) in [5, 5.41) is 13.5. The molecule has 1 amide bonds. The Labute approximate surface area is 177 Å². The van der Waals surface area contributed by atoms with Gasteiger partial charge in [0.25, 0.3) is 5.91 Å². The first-order chi connectivity index (χ1) is 14.1. The normalized spacial score (nSPS) is 11.5. The number of aliphatic carboxylic acids is 1. The number of hydrogen-bond acceptors (Lipinski definition) is 4. The summed E-state index contributed by atoms with van der Waals surface area (Å²) in [7, 11) is 0. The van der Waals surface area contributed by atoms with Crippen LogP contribution < -0.4 is 11.2 Å². The van der Waals surface area contributed by atoms with Crippen LogP contribution in [0.25, 0.3) is 0 Å². The van der Waals surface area contributed by atoms with Crippen LogP contribution in [-0.4, -0.2) is 22.0 Å². The molecule has 0 radical (unpaired) electrons. The molecular weight excluding hydrogens is 378 g/mol. The molecule has 0 heterocycles. The Hall–Kier alpha value is -3.38. The Morgan fingerprint density at radius 1 is 1.10 bits per heavy atom. The van der Waals surface area contributed by atoms with Crippen molar-refractivity contribution in [1.29, 1.82) is 0 Å². The molecule has 0 atom stereocenters. The van der Waals surface area contributed by atoms with Crippen molar-refractivity contribution in [3.8, 4) is 0 Å². The highest BCUT2D eigenvalue weighted by Gasteiger charge is 2.13. The second-order valence-electron chi connectivity index (χ2n) is 7.51. The first-order valence-corrected chi connectivity index (χ1v) is 9.65. The molecule has 0 aromatic heterocycles. The largest absolute Gasteiger partial charge is 0.481 e. The van der Waals surface area contributed by atoms with Gasteiger partial charge in [0, 0.05) is 16.9 Å². The topological polar surface area (TPSA) is 95.7 Å². The molecule has 2 aromatic rings. The van der Waals surface area contributed by atoms with Gasteiger partial charge in [-0.3, -0.25) is 9.59 Å². The molecule has 2 aromatic carbocycles. The minimum atomic E-state index is -0.926. The van der Waals surface area contributed by atoms with E-state index in [1.165, 1.54) is 5.01 Å². The number of rotatable bonds is 8. The first kappa shape index (κ1) is 22.9.